The molecule has 3 N–H and O–H groups in total. The molecule has 3 aromatic carbocycles. The number of β-amino-alcohol motifs (C(OH)–C–C–N with tert-alkyl or cyclic N) is 1. The summed E-state index contributed by atoms with van der Waals surface area (Å²) >= 11 is 0. The minimum atomic E-state index is -0.533. The molecular weight excluding hydrogens is 439 g/mol. The van der Waals surface area contributed by atoms with Crippen molar-refractivity contribution in [2.45, 2.75) is 52.1 Å². The Morgan fingerprint density at radius 3 is 2.20 bits per heavy atom. The van der Waals surface area contributed by atoms with Crippen molar-refractivity contribution in [1.82, 2.24) is 4.90 Å². The fraction of sp³-hybridized carbons (Fsp3) is 0.400. The lowest BCUT2D eigenvalue weighted by Gasteiger charge is -2.33. The number of hydrogen-bond acceptors (Lipinski definition) is 4. The molecule has 1 saturated heterocycles. The van der Waals surface area contributed by atoms with E-state index in [1.807, 2.05) is 39.0 Å². The number of nitrogens with zero attached hydrogens (tertiary/aromatic N) is 1. The Morgan fingerprint density at radius 2 is 1.57 bits per heavy atom. The predicted octanol–water partition coefficient (Wildman–Crippen LogP) is 5.54. The molecule has 0 unspecified atom stereocenters. The van der Waals surface area contributed by atoms with Crippen LogP contribution >= 0.6 is 0 Å². The minimum absolute atomic E-state index is 0.197. The molecule has 4 rings (SSSR count). The molecule has 0 saturated carbocycles. The number of nitrogens with two attached hydrogens (primary N) is 1. The van der Waals surface area contributed by atoms with Crippen molar-refractivity contribution in [3.8, 4) is 5.75 Å². The fourth-order valence-corrected chi connectivity index (χ4v) is 4.95. The quantitative estimate of drug-likeness (QED) is 0.419. The molecule has 1 atom stereocenters. The van der Waals surface area contributed by atoms with E-state index >= 15 is 0 Å². The molecule has 186 valence electrons. The van der Waals surface area contributed by atoms with Crippen LogP contribution in [0.5, 0.6) is 5.75 Å². The van der Waals surface area contributed by atoms with Crippen LogP contribution in [0, 0.1) is 26.6 Å². The topological polar surface area (TPSA) is 58.7 Å². The number of rotatable bonds is 8. The highest BCUT2D eigenvalue weighted by Crippen LogP contribution is 2.30. The van der Waals surface area contributed by atoms with Crippen molar-refractivity contribution in [2.24, 2.45) is 0 Å². The van der Waals surface area contributed by atoms with Gasteiger partial charge in [0.05, 0.1) is 0 Å². The number of hydrogen-bond donors (Lipinski definition) is 2. The Kier molecular flexibility index (Phi) is 8.09. The van der Waals surface area contributed by atoms with Gasteiger partial charge in [0.2, 0.25) is 0 Å². The van der Waals surface area contributed by atoms with Crippen molar-refractivity contribution in [2.75, 3.05) is 32.0 Å². The second-order valence-electron chi connectivity index (χ2n) is 9.94. The third-order valence-electron chi connectivity index (χ3n) is 7.37. The molecule has 1 aliphatic rings. The van der Waals surface area contributed by atoms with E-state index < -0.39 is 6.10 Å². The van der Waals surface area contributed by atoms with Gasteiger partial charge in [-0.05, 0) is 111 Å². The van der Waals surface area contributed by atoms with Crippen molar-refractivity contribution in [1.29, 1.82) is 0 Å². The molecule has 1 heterocycles. The van der Waals surface area contributed by atoms with E-state index in [-0.39, 0.29) is 12.4 Å². The predicted molar refractivity (Wildman–Crippen MR) is 141 cm³/mol. The van der Waals surface area contributed by atoms with Crippen LogP contribution in [0.25, 0.3) is 0 Å². The molecule has 0 aromatic heterocycles. The van der Waals surface area contributed by atoms with Crippen LogP contribution in [0.15, 0.2) is 54.6 Å². The number of aliphatic hydroxyl groups is 1. The van der Waals surface area contributed by atoms with Crippen LogP contribution in [0.2, 0.25) is 0 Å². The van der Waals surface area contributed by atoms with Gasteiger partial charge >= 0.3 is 0 Å². The number of ether oxygens (including phenoxy) is 1. The molecule has 1 fully saturated rings. The lowest BCUT2D eigenvalue weighted by molar-refractivity contribution is 0.0592. The summed E-state index contributed by atoms with van der Waals surface area (Å²) < 4.78 is 19.1. The summed E-state index contributed by atoms with van der Waals surface area (Å²) in [5.74, 6) is 1.15. The molecule has 0 amide bonds. The standard InChI is InChI=1S/C30H37FN2O2/c1-20-16-29(21(2)22(3)30(20)32)35-19-28(34)18-33-14-12-26(13-15-33)25-8-4-23(5-9-25)17-24-6-10-27(31)11-7-24/h4-11,16,26,28,34H,12-15,17-19,32H2,1-3H3/t28-/m0/s1. The lowest BCUT2D eigenvalue weighted by atomic mass is 9.88. The summed E-state index contributed by atoms with van der Waals surface area (Å²) in [6, 6.07) is 17.5. The summed E-state index contributed by atoms with van der Waals surface area (Å²) in [5.41, 5.74) is 13.7. The third-order valence-corrected chi connectivity index (χ3v) is 7.37. The van der Waals surface area contributed by atoms with Crippen LogP contribution in [0.1, 0.15) is 52.1 Å². The van der Waals surface area contributed by atoms with E-state index in [2.05, 4.69) is 29.2 Å². The number of aryl methyl sites for hydroxylation is 1. The highest BCUT2D eigenvalue weighted by molar-refractivity contribution is 5.60. The van der Waals surface area contributed by atoms with Crippen molar-refractivity contribution >= 4 is 5.69 Å². The first-order chi connectivity index (χ1) is 16.8. The normalized spacial score (nSPS) is 15.8. The van der Waals surface area contributed by atoms with E-state index in [1.54, 1.807) is 0 Å². The fourth-order valence-electron chi connectivity index (χ4n) is 4.95. The first-order valence-corrected chi connectivity index (χ1v) is 12.5. The van der Waals surface area contributed by atoms with E-state index in [1.165, 1.54) is 23.3 Å². The summed E-state index contributed by atoms with van der Waals surface area (Å²) in [4.78, 5) is 2.33. The first-order valence-electron chi connectivity index (χ1n) is 12.5. The Balaban J connectivity index is 1.23. The van der Waals surface area contributed by atoms with E-state index in [9.17, 15) is 9.50 Å². The van der Waals surface area contributed by atoms with Gasteiger partial charge in [-0.15, -0.1) is 0 Å². The van der Waals surface area contributed by atoms with Gasteiger partial charge in [0.15, 0.2) is 0 Å². The molecule has 5 heteroatoms. The summed E-state index contributed by atoms with van der Waals surface area (Å²) in [6.07, 6.45) is 2.45. The number of piperidine rings is 1. The molecule has 1 aliphatic heterocycles. The molecule has 0 radical (unpaired) electrons. The van der Waals surface area contributed by atoms with Crippen molar-refractivity contribution in [3.63, 3.8) is 0 Å². The second-order valence-corrected chi connectivity index (χ2v) is 9.94. The SMILES string of the molecule is Cc1cc(OC[C@@H](O)CN2CCC(c3ccc(Cc4ccc(F)cc4)cc3)CC2)c(C)c(C)c1N. The maximum absolute atomic E-state index is 13.1. The first kappa shape index (κ1) is 25.2. The number of anilines is 1. The Morgan fingerprint density at radius 1 is 0.971 bits per heavy atom. The van der Waals surface area contributed by atoms with Crippen molar-refractivity contribution < 1.29 is 14.2 Å². The number of nitrogen functional groups attached to an aromatic ring is 1. The third kappa shape index (κ3) is 6.41. The van der Waals surface area contributed by atoms with E-state index in [4.69, 9.17) is 10.5 Å². The van der Waals surface area contributed by atoms with Crippen LogP contribution in [0.4, 0.5) is 10.1 Å². The van der Waals surface area contributed by atoms with Gasteiger partial charge in [-0.3, -0.25) is 0 Å². The van der Waals surface area contributed by atoms with E-state index in [0.717, 1.165) is 66.0 Å². The number of benzene rings is 3. The van der Waals surface area contributed by atoms with Gasteiger partial charge in [0.1, 0.15) is 24.3 Å². The number of halogens is 1. The largest absolute Gasteiger partial charge is 0.491 e. The Hall–Kier alpha value is -2.89. The van der Waals surface area contributed by atoms with E-state index in [0.29, 0.717) is 12.5 Å². The smallest absolute Gasteiger partial charge is 0.123 e. The molecule has 0 aliphatic carbocycles. The second kappa shape index (κ2) is 11.2. The molecular formula is C30H37FN2O2. The van der Waals surface area contributed by atoms with Gasteiger partial charge in [0, 0.05) is 12.2 Å². The Bertz CT molecular complexity index is 1120. The van der Waals surface area contributed by atoms with Crippen LogP contribution in [0.3, 0.4) is 0 Å². The molecule has 4 nitrogen and oxygen atoms in total. The average Bonchev–Trinajstić information content (AvgIpc) is 2.86. The summed E-state index contributed by atoms with van der Waals surface area (Å²) in [7, 11) is 0. The van der Waals surface area contributed by atoms with Crippen LogP contribution < -0.4 is 10.5 Å². The van der Waals surface area contributed by atoms with Crippen molar-refractivity contribution in [3.05, 3.63) is 93.8 Å². The van der Waals surface area contributed by atoms with Crippen LogP contribution in [-0.2, 0) is 6.42 Å². The molecule has 3 aromatic rings. The number of aliphatic hydroxyl groups excluding tert-OH is 1. The van der Waals surface area contributed by atoms with Gasteiger partial charge < -0.3 is 20.5 Å². The maximum atomic E-state index is 13.1. The summed E-state index contributed by atoms with van der Waals surface area (Å²) in [5, 5.41) is 10.6. The van der Waals surface area contributed by atoms with Crippen LogP contribution in [-0.4, -0.2) is 42.4 Å². The van der Waals surface area contributed by atoms with Gasteiger partial charge in [-0.1, -0.05) is 36.4 Å². The maximum Gasteiger partial charge on any atom is 0.123 e. The Labute approximate surface area is 208 Å². The highest BCUT2D eigenvalue weighted by atomic mass is 19.1. The zero-order valence-electron chi connectivity index (χ0n) is 21.1. The van der Waals surface area contributed by atoms with Gasteiger partial charge in [-0.25, -0.2) is 4.39 Å². The highest BCUT2D eigenvalue weighted by Gasteiger charge is 2.22. The minimum Gasteiger partial charge on any atom is -0.491 e. The monoisotopic (exact) mass is 476 g/mol. The average molecular weight is 477 g/mol. The van der Waals surface area contributed by atoms with Gasteiger partial charge in [0.25, 0.3) is 0 Å². The molecule has 35 heavy (non-hydrogen) atoms. The summed E-state index contributed by atoms with van der Waals surface area (Å²) in [6.45, 7) is 8.83. The number of likely N-dealkylation sites (tertiary alicyclic amines) is 1. The van der Waals surface area contributed by atoms with Gasteiger partial charge in [-0.2, -0.15) is 0 Å². The molecule has 0 bridgehead atoms. The lowest BCUT2D eigenvalue weighted by Crippen LogP contribution is -2.40. The zero-order chi connectivity index (χ0) is 24.9. The molecule has 0 spiro atoms. The zero-order valence-corrected chi connectivity index (χ0v) is 21.1.